The fraction of sp³-hybridized carbons (Fsp3) is 0.444. The van der Waals surface area contributed by atoms with Crippen LogP contribution < -0.4 is 0 Å². The van der Waals surface area contributed by atoms with Gasteiger partial charge in [-0.3, -0.25) is 9.80 Å². The number of thiophene rings is 2. The van der Waals surface area contributed by atoms with E-state index in [0.29, 0.717) is 52.6 Å². The number of esters is 2. The molecule has 2 aromatic heterocycles. The van der Waals surface area contributed by atoms with Crippen molar-refractivity contribution in [1.29, 1.82) is 0 Å². The molecular weight excluding hydrogens is 621 g/mol. The number of benzene rings is 2. The first kappa shape index (κ1) is 32.8. The summed E-state index contributed by atoms with van der Waals surface area (Å²) in [4.78, 5) is 28.7. The summed E-state index contributed by atoms with van der Waals surface area (Å²) in [5.41, 5.74) is 2.61. The summed E-state index contributed by atoms with van der Waals surface area (Å²) in [6, 6.07) is 17.5. The van der Waals surface area contributed by atoms with Crippen LogP contribution in [0.15, 0.2) is 71.4 Å². The summed E-state index contributed by atoms with van der Waals surface area (Å²) in [6.07, 6.45) is 5.77. The number of hydrogen-bond acceptors (Lipinski definition) is 10. The van der Waals surface area contributed by atoms with Crippen LogP contribution in [0.2, 0.25) is 0 Å². The van der Waals surface area contributed by atoms with Crippen LogP contribution in [0.5, 0.6) is 0 Å². The van der Waals surface area contributed by atoms with E-state index in [9.17, 15) is 9.59 Å². The zero-order valence-electron chi connectivity index (χ0n) is 26.1. The lowest BCUT2D eigenvalue weighted by Crippen LogP contribution is -2.53. The van der Waals surface area contributed by atoms with Gasteiger partial charge in [-0.05, 0) is 82.6 Å². The normalized spacial score (nSPS) is 16.3. The Bertz CT molecular complexity index is 1490. The number of fused-ring (bicyclic) bond motifs is 2. The second-order valence-corrected chi connectivity index (χ2v) is 13.9. The van der Waals surface area contributed by atoms with Gasteiger partial charge in [0.2, 0.25) is 0 Å². The van der Waals surface area contributed by atoms with Crippen LogP contribution in [0.4, 0.5) is 0 Å². The molecule has 0 radical (unpaired) electrons. The number of ether oxygens (including phenoxy) is 4. The Kier molecular flexibility index (Phi) is 11.9. The average molecular weight is 663 g/mol. The van der Waals surface area contributed by atoms with E-state index >= 15 is 0 Å². The van der Waals surface area contributed by atoms with Crippen LogP contribution in [-0.4, -0.2) is 99.6 Å². The molecular formula is C36H42N2O6S2. The van der Waals surface area contributed by atoms with Crippen LogP contribution in [0.1, 0.15) is 24.0 Å². The van der Waals surface area contributed by atoms with Crippen molar-refractivity contribution in [3.63, 3.8) is 0 Å². The van der Waals surface area contributed by atoms with Crippen molar-refractivity contribution in [2.45, 2.75) is 37.9 Å². The molecule has 0 bridgehead atoms. The van der Waals surface area contributed by atoms with Crippen molar-refractivity contribution >= 4 is 54.8 Å². The zero-order chi connectivity index (χ0) is 31.6. The highest BCUT2D eigenvalue weighted by molar-refractivity contribution is 7.17. The van der Waals surface area contributed by atoms with Gasteiger partial charge in [0.1, 0.15) is 12.2 Å². The number of hydrogen-bond donors (Lipinski definition) is 0. The van der Waals surface area contributed by atoms with Crippen molar-refractivity contribution in [3.05, 3.63) is 82.6 Å². The van der Waals surface area contributed by atoms with Gasteiger partial charge in [0.05, 0.1) is 13.2 Å². The fourth-order valence-electron chi connectivity index (χ4n) is 5.81. The lowest BCUT2D eigenvalue weighted by molar-refractivity contribution is -0.154. The highest BCUT2D eigenvalue weighted by Gasteiger charge is 2.30. The van der Waals surface area contributed by atoms with E-state index in [1.165, 1.54) is 43.5 Å². The molecule has 0 N–H and O–H groups in total. The van der Waals surface area contributed by atoms with Crippen molar-refractivity contribution in [3.8, 4) is 0 Å². The molecule has 0 spiro atoms. The summed E-state index contributed by atoms with van der Waals surface area (Å²) >= 11 is 3.53. The summed E-state index contributed by atoms with van der Waals surface area (Å²) < 4.78 is 25.2. The van der Waals surface area contributed by atoms with E-state index in [1.54, 1.807) is 22.7 Å². The molecule has 0 amide bonds. The molecule has 0 aliphatic carbocycles. The molecule has 10 heteroatoms. The van der Waals surface area contributed by atoms with E-state index in [1.807, 2.05) is 0 Å². The predicted molar refractivity (Wildman–Crippen MR) is 184 cm³/mol. The molecule has 4 heterocycles. The van der Waals surface area contributed by atoms with Gasteiger partial charge in [0.25, 0.3) is 0 Å². The maximum atomic E-state index is 12.1. The maximum Gasteiger partial charge on any atom is 0.331 e. The first-order chi connectivity index (χ1) is 22.6. The minimum atomic E-state index is -0.507. The van der Waals surface area contributed by atoms with Crippen molar-refractivity contribution < 1.29 is 28.5 Å². The highest BCUT2D eigenvalue weighted by atomic mass is 32.1. The van der Waals surface area contributed by atoms with Crippen molar-refractivity contribution in [2.24, 2.45) is 0 Å². The van der Waals surface area contributed by atoms with Crippen LogP contribution in [0.3, 0.4) is 0 Å². The minimum Gasteiger partial charge on any atom is -0.456 e. The topological polar surface area (TPSA) is 77.5 Å². The van der Waals surface area contributed by atoms with Crippen LogP contribution in [0.25, 0.3) is 20.2 Å². The number of rotatable bonds is 18. The molecule has 0 atom stereocenters. The van der Waals surface area contributed by atoms with E-state index in [4.69, 9.17) is 18.9 Å². The Balaban J connectivity index is 0.729. The monoisotopic (exact) mass is 662 g/mol. The molecule has 0 unspecified atom stereocenters. The lowest BCUT2D eigenvalue weighted by atomic mass is 10.1. The quantitative estimate of drug-likeness (QED) is 0.0761. The predicted octanol–water partition coefficient (Wildman–Crippen LogP) is 5.73. The first-order valence-electron chi connectivity index (χ1n) is 16.2. The molecule has 4 aromatic rings. The fourth-order valence-corrected chi connectivity index (χ4v) is 7.35. The maximum absolute atomic E-state index is 12.1. The van der Waals surface area contributed by atoms with E-state index in [0.717, 1.165) is 38.8 Å². The molecule has 2 aliphatic rings. The molecule has 46 heavy (non-hydrogen) atoms. The zero-order valence-corrected chi connectivity index (χ0v) is 27.8. The minimum absolute atomic E-state index is 0.138. The number of nitrogens with zero attached hydrogens (tertiary/aromatic N) is 2. The average Bonchev–Trinajstić information content (AvgIpc) is 3.69. The first-order valence-corrected chi connectivity index (χ1v) is 17.9. The van der Waals surface area contributed by atoms with Gasteiger partial charge < -0.3 is 18.9 Å². The number of likely N-dealkylation sites (tertiary alicyclic amines) is 2. The molecule has 244 valence electrons. The standard InChI is InChI=1S/C36H42N2O6S2/c39-35(43-31-23-37(24-31)13-1-15-41-17-9-27-3-5-33-29(21-27)11-19-45-33)7-8-36(40)44-32-25-38(26-32)14-2-16-42-18-10-28-4-6-34-30(22-28)12-20-46-34/h3-8,11-12,19-22,31-32H,1-2,9-10,13-18,23-26H2/b8-7+. The van der Waals surface area contributed by atoms with Gasteiger partial charge in [-0.1, -0.05) is 24.3 Å². The smallest absolute Gasteiger partial charge is 0.331 e. The summed E-state index contributed by atoms with van der Waals surface area (Å²) in [6.45, 7) is 7.52. The Morgan fingerprint density at radius 2 is 1.11 bits per heavy atom. The van der Waals surface area contributed by atoms with Gasteiger partial charge in [-0.2, -0.15) is 0 Å². The van der Waals surface area contributed by atoms with Gasteiger partial charge in [0, 0.05) is 74.0 Å². The second kappa shape index (κ2) is 16.6. The summed E-state index contributed by atoms with van der Waals surface area (Å²) in [5.74, 6) is -1.01. The largest absolute Gasteiger partial charge is 0.456 e. The summed E-state index contributed by atoms with van der Waals surface area (Å²) in [7, 11) is 0. The molecule has 0 saturated carbocycles. The van der Waals surface area contributed by atoms with Gasteiger partial charge in [0.15, 0.2) is 0 Å². The Labute approximate surface area is 278 Å². The van der Waals surface area contributed by atoms with E-state index in [-0.39, 0.29) is 12.2 Å². The molecule has 8 nitrogen and oxygen atoms in total. The van der Waals surface area contributed by atoms with Gasteiger partial charge in [-0.15, -0.1) is 22.7 Å². The van der Waals surface area contributed by atoms with Crippen LogP contribution in [0, 0.1) is 0 Å². The third-order valence-electron chi connectivity index (χ3n) is 8.40. The third-order valence-corrected chi connectivity index (χ3v) is 10.2. The lowest BCUT2D eigenvalue weighted by Gasteiger charge is -2.38. The highest BCUT2D eigenvalue weighted by Crippen LogP contribution is 2.23. The Morgan fingerprint density at radius 1 is 0.652 bits per heavy atom. The second-order valence-electron chi connectivity index (χ2n) is 12.0. The van der Waals surface area contributed by atoms with Gasteiger partial charge in [-0.25, -0.2) is 9.59 Å². The van der Waals surface area contributed by atoms with E-state index in [2.05, 4.69) is 69.1 Å². The van der Waals surface area contributed by atoms with Crippen LogP contribution >= 0.6 is 22.7 Å². The molecule has 6 rings (SSSR count). The Hall–Kier alpha value is -3.12. The van der Waals surface area contributed by atoms with E-state index < -0.39 is 11.9 Å². The molecule has 2 fully saturated rings. The molecule has 2 aliphatic heterocycles. The molecule has 2 saturated heterocycles. The SMILES string of the molecule is O=C(/C=C/C(=O)OC1CN(CCCOCCc2ccc3sccc3c2)C1)OC1CN(CCCOCCc2ccc3sccc3c2)C1. The van der Waals surface area contributed by atoms with Crippen LogP contribution in [-0.2, 0) is 41.4 Å². The number of carbonyl (C=O) groups excluding carboxylic acids is 2. The van der Waals surface area contributed by atoms with Gasteiger partial charge >= 0.3 is 11.9 Å². The molecule has 2 aromatic carbocycles. The summed E-state index contributed by atoms with van der Waals surface area (Å²) in [5, 5.41) is 6.85. The van der Waals surface area contributed by atoms with Crippen molar-refractivity contribution in [2.75, 3.05) is 65.7 Å². The number of carbonyl (C=O) groups is 2. The third kappa shape index (κ3) is 9.70. The Morgan fingerprint density at radius 3 is 1.57 bits per heavy atom. The van der Waals surface area contributed by atoms with Crippen molar-refractivity contribution in [1.82, 2.24) is 9.80 Å².